The van der Waals surface area contributed by atoms with Crippen LogP contribution in [0.2, 0.25) is 0 Å². The Morgan fingerprint density at radius 3 is 2.95 bits per heavy atom. The molecule has 1 saturated heterocycles. The fourth-order valence-corrected chi connectivity index (χ4v) is 2.61. The van der Waals surface area contributed by atoms with Gasteiger partial charge in [0.05, 0.1) is 17.3 Å². The van der Waals surface area contributed by atoms with Gasteiger partial charge in [-0.2, -0.15) is 0 Å². The van der Waals surface area contributed by atoms with Crippen molar-refractivity contribution in [2.24, 2.45) is 0 Å². The minimum Gasteiger partial charge on any atom is -0.464 e. The lowest BCUT2D eigenvalue weighted by Crippen LogP contribution is -2.46. The summed E-state index contributed by atoms with van der Waals surface area (Å²) < 4.78 is 10.7. The second-order valence-electron chi connectivity index (χ2n) is 5.16. The number of hydrogen-bond acceptors (Lipinski definition) is 5. The van der Waals surface area contributed by atoms with Gasteiger partial charge in [-0.1, -0.05) is 0 Å². The Labute approximate surface area is 111 Å². The van der Waals surface area contributed by atoms with E-state index < -0.39 is 5.60 Å². The SMILES string of the molecule is CN(CC1(O)CCOCC1)c1nccc2occc12. The number of ether oxygens (including phenoxy) is 1. The molecule has 5 heteroatoms. The Kier molecular flexibility index (Phi) is 3.16. The summed E-state index contributed by atoms with van der Waals surface area (Å²) in [5, 5.41) is 11.5. The number of hydrogen-bond donors (Lipinski definition) is 1. The molecule has 1 aliphatic heterocycles. The molecule has 5 nitrogen and oxygen atoms in total. The van der Waals surface area contributed by atoms with Crippen LogP contribution < -0.4 is 4.90 Å². The second kappa shape index (κ2) is 4.83. The molecule has 3 heterocycles. The van der Waals surface area contributed by atoms with Gasteiger partial charge in [-0.25, -0.2) is 4.98 Å². The molecular formula is C14H18N2O3. The molecule has 0 unspecified atom stereocenters. The van der Waals surface area contributed by atoms with Crippen LogP contribution in [-0.4, -0.2) is 42.5 Å². The molecular weight excluding hydrogens is 244 g/mol. The van der Waals surface area contributed by atoms with E-state index in [1.54, 1.807) is 12.5 Å². The van der Waals surface area contributed by atoms with E-state index in [1.807, 2.05) is 24.1 Å². The molecule has 0 spiro atoms. The van der Waals surface area contributed by atoms with Crippen molar-refractivity contribution >= 4 is 16.8 Å². The largest absolute Gasteiger partial charge is 0.464 e. The van der Waals surface area contributed by atoms with E-state index in [1.165, 1.54) is 0 Å². The molecule has 0 amide bonds. The fraction of sp³-hybridized carbons (Fsp3) is 0.500. The standard InChI is InChI=1S/C14H18N2O3/c1-16(10-14(17)4-8-18-9-5-14)13-11-3-7-19-12(11)2-6-15-13/h2-3,6-7,17H,4-5,8-10H2,1H3. The minimum absolute atomic E-state index is 0.549. The number of rotatable bonds is 3. The van der Waals surface area contributed by atoms with Gasteiger partial charge >= 0.3 is 0 Å². The van der Waals surface area contributed by atoms with Crippen molar-refractivity contribution in [2.75, 3.05) is 31.7 Å². The lowest BCUT2D eigenvalue weighted by Gasteiger charge is -2.35. The summed E-state index contributed by atoms with van der Waals surface area (Å²) in [6.45, 7) is 1.79. The van der Waals surface area contributed by atoms with E-state index in [4.69, 9.17) is 9.15 Å². The van der Waals surface area contributed by atoms with Gasteiger partial charge in [0.15, 0.2) is 0 Å². The number of fused-ring (bicyclic) bond motifs is 1. The first-order valence-corrected chi connectivity index (χ1v) is 6.51. The smallest absolute Gasteiger partial charge is 0.139 e. The molecule has 0 saturated carbocycles. The quantitative estimate of drug-likeness (QED) is 0.914. The van der Waals surface area contributed by atoms with Gasteiger partial charge < -0.3 is 19.2 Å². The molecule has 0 radical (unpaired) electrons. The number of likely N-dealkylation sites (N-methyl/N-ethyl adjacent to an activating group) is 1. The predicted octanol–water partition coefficient (Wildman–Crippen LogP) is 1.81. The van der Waals surface area contributed by atoms with Gasteiger partial charge in [0.1, 0.15) is 11.4 Å². The van der Waals surface area contributed by atoms with Crippen LogP contribution in [0, 0.1) is 0 Å². The summed E-state index contributed by atoms with van der Waals surface area (Å²) >= 11 is 0. The molecule has 1 fully saturated rings. The van der Waals surface area contributed by atoms with E-state index >= 15 is 0 Å². The van der Waals surface area contributed by atoms with Crippen molar-refractivity contribution in [3.05, 3.63) is 24.6 Å². The maximum absolute atomic E-state index is 10.6. The highest BCUT2D eigenvalue weighted by atomic mass is 16.5. The van der Waals surface area contributed by atoms with Crippen LogP contribution in [0.1, 0.15) is 12.8 Å². The average molecular weight is 262 g/mol. The van der Waals surface area contributed by atoms with Gasteiger partial charge in [-0.05, 0) is 12.1 Å². The van der Waals surface area contributed by atoms with Gasteiger partial charge in [-0.15, -0.1) is 0 Å². The molecule has 19 heavy (non-hydrogen) atoms. The maximum Gasteiger partial charge on any atom is 0.139 e. The summed E-state index contributed by atoms with van der Waals surface area (Å²) in [6.07, 6.45) is 4.72. The van der Waals surface area contributed by atoms with Crippen molar-refractivity contribution < 1.29 is 14.3 Å². The van der Waals surface area contributed by atoms with Crippen LogP contribution in [0.25, 0.3) is 11.0 Å². The van der Waals surface area contributed by atoms with Crippen LogP contribution in [0.4, 0.5) is 5.82 Å². The van der Waals surface area contributed by atoms with Crippen molar-refractivity contribution in [3.8, 4) is 0 Å². The summed E-state index contributed by atoms with van der Waals surface area (Å²) in [4.78, 5) is 6.39. The highest BCUT2D eigenvalue weighted by Crippen LogP contribution is 2.28. The fourth-order valence-electron chi connectivity index (χ4n) is 2.61. The van der Waals surface area contributed by atoms with Crippen LogP contribution in [0.15, 0.2) is 29.0 Å². The number of furan rings is 1. The molecule has 1 N–H and O–H groups in total. The summed E-state index contributed by atoms with van der Waals surface area (Å²) in [5.74, 6) is 0.839. The first-order chi connectivity index (χ1) is 9.18. The molecule has 3 rings (SSSR count). The first kappa shape index (κ1) is 12.4. The molecule has 102 valence electrons. The molecule has 1 aliphatic rings. The third kappa shape index (κ3) is 2.43. The minimum atomic E-state index is -0.694. The van der Waals surface area contributed by atoms with Crippen molar-refractivity contribution in [1.29, 1.82) is 0 Å². The maximum atomic E-state index is 10.6. The molecule has 0 atom stereocenters. The van der Waals surface area contributed by atoms with Crippen LogP contribution in [-0.2, 0) is 4.74 Å². The van der Waals surface area contributed by atoms with Gasteiger partial charge in [0, 0.05) is 45.8 Å². The zero-order valence-electron chi connectivity index (χ0n) is 11.0. The molecule has 2 aromatic heterocycles. The molecule has 0 aliphatic carbocycles. The number of nitrogens with zero attached hydrogens (tertiary/aromatic N) is 2. The van der Waals surface area contributed by atoms with Gasteiger partial charge in [-0.3, -0.25) is 0 Å². The average Bonchev–Trinajstić information content (AvgIpc) is 2.86. The van der Waals surface area contributed by atoms with Gasteiger partial charge in [0.2, 0.25) is 0 Å². The Hall–Kier alpha value is -1.59. The zero-order chi connectivity index (χ0) is 13.3. The van der Waals surface area contributed by atoms with Crippen molar-refractivity contribution in [1.82, 2.24) is 4.98 Å². The van der Waals surface area contributed by atoms with Crippen molar-refractivity contribution in [3.63, 3.8) is 0 Å². The van der Waals surface area contributed by atoms with Crippen LogP contribution >= 0.6 is 0 Å². The third-order valence-electron chi connectivity index (χ3n) is 3.68. The van der Waals surface area contributed by atoms with E-state index in [0.717, 1.165) is 16.8 Å². The topological polar surface area (TPSA) is 58.7 Å². The Morgan fingerprint density at radius 1 is 1.37 bits per heavy atom. The van der Waals surface area contributed by atoms with Gasteiger partial charge in [0.25, 0.3) is 0 Å². The number of anilines is 1. The normalized spacial score (nSPS) is 18.6. The monoisotopic (exact) mass is 262 g/mol. The predicted molar refractivity (Wildman–Crippen MR) is 72.3 cm³/mol. The van der Waals surface area contributed by atoms with E-state index in [0.29, 0.717) is 32.6 Å². The Bertz CT molecular complexity index is 561. The summed E-state index contributed by atoms with van der Waals surface area (Å²) in [5.41, 5.74) is 0.122. The third-order valence-corrected chi connectivity index (χ3v) is 3.68. The molecule has 2 aromatic rings. The van der Waals surface area contributed by atoms with E-state index in [2.05, 4.69) is 4.98 Å². The van der Waals surface area contributed by atoms with Crippen LogP contribution in [0.5, 0.6) is 0 Å². The number of pyridine rings is 1. The Balaban J connectivity index is 1.83. The molecule has 0 bridgehead atoms. The summed E-state index contributed by atoms with van der Waals surface area (Å²) in [6, 6.07) is 3.75. The molecule has 0 aromatic carbocycles. The van der Waals surface area contributed by atoms with Crippen molar-refractivity contribution in [2.45, 2.75) is 18.4 Å². The first-order valence-electron chi connectivity index (χ1n) is 6.51. The highest BCUT2D eigenvalue weighted by molar-refractivity contribution is 5.88. The summed E-state index contributed by atoms with van der Waals surface area (Å²) in [7, 11) is 1.95. The van der Waals surface area contributed by atoms with E-state index in [-0.39, 0.29) is 0 Å². The lowest BCUT2D eigenvalue weighted by atomic mass is 9.94. The number of aromatic nitrogens is 1. The number of aliphatic hydroxyl groups is 1. The zero-order valence-corrected chi connectivity index (χ0v) is 11.0. The highest BCUT2D eigenvalue weighted by Gasteiger charge is 2.31. The second-order valence-corrected chi connectivity index (χ2v) is 5.16. The van der Waals surface area contributed by atoms with Crippen LogP contribution in [0.3, 0.4) is 0 Å². The lowest BCUT2D eigenvalue weighted by molar-refractivity contribution is -0.0573. The van der Waals surface area contributed by atoms with E-state index in [9.17, 15) is 5.11 Å². The Morgan fingerprint density at radius 2 is 2.16 bits per heavy atom.